The fourth-order valence-electron chi connectivity index (χ4n) is 3.06. The van der Waals surface area contributed by atoms with Crippen LogP contribution in [0.4, 0.5) is 4.39 Å². The molecule has 0 fully saturated rings. The Morgan fingerprint density at radius 2 is 2.04 bits per heavy atom. The molecule has 0 bridgehead atoms. The molecule has 0 radical (unpaired) electrons. The van der Waals surface area contributed by atoms with Crippen LogP contribution in [-0.4, -0.2) is 32.1 Å². The predicted octanol–water partition coefficient (Wildman–Crippen LogP) is 4.08. The maximum absolute atomic E-state index is 13.1. The molecule has 0 N–H and O–H groups in total. The van der Waals surface area contributed by atoms with Gasteiger partial charge in [-0.05, 0) is 41.6 Å². The number of azide groups is 1. The van der Waals surface area contributed by atoms with Gasteiger partial charge < -0.3 is 0 Å². The highest BCUT2D eigenvalue weighted by atomic mass is 32.2. The molecule has 2 aromatic rings. The zero-order valence-electron chi connectivity index (χ0n) is 14.5. The Balaban J connectivity index is 1.89. The van der Waals surface area contributed by atoms with Crippen LogP contribution >= 0.6 is 11.3 Å². The van der Waals surface area contributed by atoms with Gasteiger partial charge >= 0.3 is 0 Å². The molecule has 1 aliphatic carbocycles. The Hall–Kier alpha value is -2.26. The summed E-state index contributed by atoms with van der Waals surface area (Å²) in [6, 6.07) is 4.57. The number of ketones is 1. The molecule has 1 unspecified atom stereocenters. The van der Waals surface area contributed by atoms with Crippen LogP contribution in [0.3, 0.4) is 0 Å². The summed E-state index contributed by atoms with van der Waals surface area (Å²) < 4.78 is 40.3. The first kappa shape index (κ1) is 19.5. The number of likely N-dealkylation sites (N-methyl/N-ethyl adjacent to an activating group) is 1. The summed E-state index contributed by atoms with van der Waals surface area (Å²) in [4.78, 5) is 15.4. The molecule has 10 heteroatoms. The zero-order valence-corrected chi connectivity index (χ0v) is 16.1. The summed E-state index contributed by atoms with van der Waals surface area (Å²) in [5.41, 5.74) is 9.91. The van der Waals surface area contributed by atoms with Crippen molar-refractivity contribution in [2.24, 2.45) is 5.11 Å². The lowest BCUT2D eigenvalue weighted by Crippen LogP contribution is -2.31. The van der Waals surface area contributed by atoms with E-state index < -0.39 is 21.9 Å². The number of halogens is 1. The van der Waals surface area contributed by atoms with Crippen LogP contribution in [0.1, 0.15) is 39.7 Å². The number of carbonyl (C=O) groups is 1. The lowest BCUT2D eigenvalue weighted by atomic mass is 9.98. The fourth-order valence-corrected chi connectivity index (χ4v) is 5.90. The Labute approximate surface area is 160 Å². The molecule has 142 valence electrons. The number of fused-ring (bicyclic) bond motifs is 1. The third kappa shape index (κ3) is 3.89. The topological polar surface area (TPSA) is 103 Å². The SMILES string of the molecule is CN(CC(N=[N+]=[N-])c1ccc(F)cc1)S(=O)(=O)c1csc2c1CCCC2=O. The van der Waals surface area contributed by atoms with Crippen molar-refractivity contribution in [3.63, 3.8) is 0 Å². The summed E-state index contributed by atoms with van der Waals surface area (Å²) in [7, 11) is -2.46. The molecule has 0 aliphatic heterocycles. The first-order chi connectivity index (χ1) is 12.8. The van der Waals surface area contributed by atoms with Crippen molar-refractivity contribution in [2.45, 2.75) is 30.2 Å². The molecule has 1 heterocycles. The number of hydrogen-bond donors (Lipinski definition) is 0. The Morgan fingerprint density at radius 1 is 1.33 bits per heavy atom. The second-order valence-corrected chi connectivity index (χ2v) is 9.14. The Morgan fingerprint density at radius 3 is 2.70 bits per heavy atom. The normalized spacial score (nSPS) is 15.3. The number of sulfonamides is 1. The minimum atomic E-state index is -3.86. The summed E-state index contributed by atoms with van der Waals surface area (Å²) in [6.45, 7) is -0.101. The number of thiophene rings is 1. The predicted molar refractivity (Wildman–Crippen MR) is 99.7 cm³/mol. The molecular weight excluding hydrogens is 391 g/mol. The van der Waals surface area contributed by atoms with Gasteiger partial charge in [0.15, 0.2) is 5.78 Å². The zero-order chi connectivity index (χ0) is 19.6. The van der Waals surface area contributed by atoms with E-state index >= 15 is 0 Å². The van der Waals surface area contributed by atoms with Crippen molar-refractivity contribution >= 4 is 27.1 Å². The van der Waals surface area contributed by atoms with Crippen LogP contribution < -0.4 is 0 Å². The highest BCUT2D eigenvalue weighted by molar-refractivity contribution is 7.89. The van der Waals surface area contributed by atoms with Crippen molar-refractivity contribution in [1.82, 2.24) is 4.31 Å². The van der Waals surface area contributed by atoms with E-state index in [0.29, 0.717) is 35.3 Å². The van der Waals surface area contributed by atoms with Crippen LogP contribution in [0.5, 0.6) is 0 Å². The fraction of sp³-hybridized carbons (Fsp3) is 0.353. The van der Waals surface area contributed by atoms with Crippen molar-refractivity contribution < 1.29 is 17.6 Å². The number of carbonyl (C=O) groups excluding carboxylic acids is 1. The highest BCUT2D eigenvalue weighted by Gasteiger charge is 2.32. The van der Waals surface area contributed by atoms with Gasteiger partial charge in [0.25, 0.3) is 0 Å². The van der Waals surface area contributed by atoms with Crippen LogP contribution in [0.25, 0.3) is 10.4 Å². The third-order valence-electron chi connectivity index (χ3n) is 4.50. The lowest BCUT2D eigenvalue weighted by molar-refractivity contribution is 0.0976. The summed E-state index contributed by atoms with van der Waals surface area (Å²) in [5, 5.41) is 5.16. The van der Waals surface area contributed by atoms with E-state index in [0.717, 1.165) is 15.6 Å². The molecule has 3 rings (SSSR count). The number of rotatable bonds is 6. The molecule has 0 spiro atoms. The minimum Gasteiger partial charge on any atom is -0.293 e. The van der Waals surface area contributed by atoms with Crippen LogP contribution in [0, 0.1) is 5.82 Å². The number of benzene rings is 1. The van der Waals surface area contributed by atoms with Gasteiger partial charge in [0.05, 0.1) is 15.8 Å². The number of Topliss-reactive ketones (excluding diaryl/α,β-unsaturated/α-hetero) is 1. The van der Waals surface area contributed by atoms with Crippen LogP contribution in [0.15, 0.2) is 39.7 Å². The van der Waals surface area contributed by atoms with Crippen molar-refractivity contribution in [3.8, 4) is 0 Å². The van der Waals surface area contributed by atoms with Gasteiger partial charge in [-0.25, -0.2) is 17.1 Å². The van der Waals surface area contributed by atoms with Gasteiger partial charge in [0.1, 0.15) is 5.82 Å². The molecule has 1 atom stereocenters. The molecule has 1 aromatic heterocycles. The van der Waals surface area contributed by atoms with E-state index in [1.54, 1.807) is 0 Å². The standard InChI is InChI=1S/C17H17FN4O3S2/c1-22(9-14(20-21-19)11-5-7-12(18)8-6-11)27(24,25)16-10-26-17-13(16)3-2-4-15(17)23/h5-8,10,14H,2-4,9H2,1H3. The molecule has 0 saturated heterocycles. The van der Waals surface area contributed by atoms with Gasteiger partial charge in [0, 0.05) is 30.3 Å². The van der Waals surface area contributed by atoms with Crippen molar-refractivity contribution in [2.75, 3.05) is 13.6 Å². The monoisotopic (exact) mass is 408 g/mol. The van der Waals surface area contributed by atoms with E-state index in [2.05, 4.69) is 10.0 Å². The molecule has 0 amide bonds. The smallest absolute Gasteiger partial charge is 0.243 e. The van der Waals surface area contributed by atoms with Crippen molar-refractivity contribution in [1.29, 1.82) is 0 Å². The number of hydrogen-bond acceptors (Lipinski definition) is 5. The molecule has 7 nitrogen and oxygen atoms in total. The first-order valence-corrected chi connectivity index (χ1v) is 10.6. The lowest BCUT2D eigenvalue weighted by Gasteiger charge is -2.22. The van der Waals surface area contributed by atoms with E-state index in [4.69, 9.17) is 5.53 Å². The van der Waals surface area contributed by atoms with Gasteiger partial charge in [-0.15, -0.1) is 11.3 Å². The largest absolute Gasteiger partial charge is 0.293 e. The average Bonchev–Trinajstić information content (AvgIpc) is 3.08. The van der Waals surface area contributed by atoms with E-state index in [1.165, 1.54) is 36.7 Å². The minimum absolute atomic E-state index is 0.0244. The second kappa shape index (κ2) is 7.77. The number of nitrogens with zero attached hydrogens (tertiary/aromatic N) is 4. The molecule has 0 saturated carbocycles. The molecule has 1 aromatic carbocycles. The average molecular weight is 408 g/mol. The maximum Gasteiger partial charge on any atom is 0.243 e. The maximum atomic E-state index is 13.1. The van der Waals surface area contributed by atoms with Gasteiger partial charge in [-0.2, -0.15) is 0 Å². The third-order valence-corrected chi connectivity index (χ3v) is 7.61. The molecular formula is C17H17FN4O3S2. The van der Waals surface area contributed by atoms with E-state index in [1.807, 2.05) is 0 Å². The Bertz CT molecular complexity index is 1010. The quantitative estimate of drug-likeness (QED) is 0.409. The van der Waals surface area contributed by atoms with E-state index in [9.17, 15) is 17.6 Å². The second-order valence-electron chi connectivity index (χ2n) is 6.24. The van der Waals surface area contributed by atoms with Crippen LogP contribution in [0.2, 0.25) is 0 Å². The Kier molecular flexibility index (Phi) is 5.61. The highest BCUT2D eigenvalue weighted by Crippen LogP contribution is 2.34. The van der Waals surface area contributed by atoms with Gasteiger partial charge in [-0.3, -0.25) is 4.79 Å². The van der Waals surface area contributed by atoms with Gasteiger partial charge in [0.2, 0.25) is 10.0 Å². The summed E-state index contributed by atoms with van der Waals surface area (Å²) >= 11 is 1.15. The van der Waals surface area contributed by atoms with Gasteiger partial charge in [-0.1, -0.05) is 17.2 Å². The molecule has 27 heavy (non-hydrogen) atoms. The van der Waals surface area contributed by atoms with Crippen molar-refractivity contribution in [3.05, 3.63) is 61.9 Å². The van der Waals surface area contributed by atoms with Crippen LogP contribution in [-0.2, 0) is 16.4 Å². The summed E-state index contributed by atoms with van der Waals surface area (Å²) in [5.74, 6) is -0.461. The first-order valence-electron chi connectivity index (χ1n) is 8.24. The van der Waals surface area contributed by atoms with E-state index in [-0.39, 0.29) is 17.2 Å². The summed E-state index contributed by atoms with van der Waals surface area (Å²) in [6.07, 6.45) is 1.61. The molecule has 1 aliphatic rings.